The molecule has 0 atom stereocenters. The Morgan fingerprint density at radius 1 is 0.373 bits per heavy atom. The zero-order valence-electron chi connectivity index (χ0n) is 27.7. The van der Waals surface area contributed by atoms with Gasteiger partial charge in [-0.25, -0.2) is 0 Å². The number of hydrogen-bond donors (Lipinski definition) is 0. The Morgan fingerprint density at radius 2 is 0.941 bits per heavy atom. The number of fused-ring (bicyclic) bond motifs is 6. The zero-order chi connectivity index (χ0) is 33.7. The third-order valence-electron chi connectivity index (χ3n) is 9.90. The fourth-order valence-electron chi connectivity index (χ4n) is 7.45. The molecule has 0 aliphatic heterocycles. The van der Waals surface area contributed by atoms with Crippen molar-refractivity contribution in [2.24, 2.45) is 0 Å². The van der Waals surface area contributed by atoms with Gasteiger partial charge in [0.05, 0.1) is 5.69 Å². The van der Waals surface area contributed by atoms with Crippen molar-refractivity contribution in [3.05, 3.63) is 188 Å². The molecule has 0 radical (unpaired) electrons. The number of benzene rings is 8. The topological polar surface area (TPSA) is 16.4 Å². The van der Waals surface area contributed by atoms with Crippen LogP contribution in [0.25, 0.3) is 75.5 Å². The lowest BCUT2D eigenvalue weighted by molar-refractivity contribution is 0.669. The van der Waals surface area contributed by atoms with Gasteiger partial charge < -0.3 is 9.32 Å². The number of furan rings is 1. The number of anilines is 3. The number of thiophene rings is 1. The summed E-state index contributed by atoms with van der Waals surface area (Å²) in [7, 11) is 0. The van der Waals surface area contributed by atoms with Crippen LogP contribution in [0.15, 0.2) is 192 Å². The van der Waals surface area contributed by atoms with Gasteiger partial charge >= 0.3 is 0 Å². The van der Waals surface area contributed by atoms with E-state index in [1.54, 1.807) is 0 Å². The quantitative estimate of drug-likeness (QED) is 0.175. The summed E-state index contributed by atoms with van der Waals surface area (Å²) in [6.45, 7) is 0. The monoisotopic (exact) mass is 669 g/mol. The SMILES string of the molecule is c1ccc(-c2ccc(N(c3ccc(-c4cccc5c4sc4ccccc45)cc3)c3c(-c4ccccc4)ccc4c3oc3ccccc34)cc2)cc1. The minimum Gasteiger partial charge on any atom is -0.454 e. The van der Waals surface area contributed by atoms with E-state index in [1.807, 2.05) is 17.4 Å². The molecule has 8 aromatic carbocycles. The normalized spacial score (nSPS) is 11.5. The molecule has 0 fully saturated rings. The van der Waals surface area contributed by atoms with Crippen LogP contribution in [0.1, 0.15) is 0 Å². The zero-order valence-corrected chi connectivity index (χ0v) is 28.5. The van der Waals surface area contributed by atoms with Gasteiger partial charge in [0.25, 0.3) is 0 Å². The molecule has 0 aliphatic carbocycles. The Balaban J connectivity index is 1.19. The minimum atomic E-state index is 0.865. The van der Waals surface area contributed by atoms with Gasteiger partial charge in [-0.1, -0.05) is 146 Å². The van der Waals surface area contributed by atoms with Crippen LogP contribution in [0.3, 0.4) is 0 Å². The summed E-state index contributed by atoms with van der Waals surface area (Å²) in [5, 5.41) is 4.83. The van der Waals surface area contributed by atoms with Gasteiger partial charge in [0.1, 0.15) is 5.58 Å². The molecule has 0 saturated heterocycles. The van der Waals surface area contributed by atoms with E-state index >= 15 is 0 Å². The molecule has 10 rings (SSSR count). The van der Waals surface area contributed by atoms with E-state index in [4.69, 9.17) is 4.42 Å². The molecule has 240 valence electrons. The summed E-state index contributed by atoms with van der Waals surface area (Å²) >= 11 is 1.87. The van der Waals surface area contributed by atoms with Crippen LogP contribution in [0.2, 0.25) is 0 Å². The molecule has 2 heterocycles. The smallest absolute Gasteiger partial charge is 0.160 e. The van der Waals surface area contributed by atoms with Crippen LogP contribution >= 0.6 is 11.3 Å². The van der Waals surface area contributed by atoms with Crippen molar-refractivity contribution >= 4 is 70.5 Å². The molecule has 2 nitrogen and oxygen atoms in total. The summed E-state index contributed by atoms with van der Waals surface area (Å²) in [6.07, 6.45) is 0. The highest BCUT2D eigenvalue weighted by Gasteiger charge is 2.24. The summed E-state index contributed by atoms with van der Waals surface area (Å²) in [5.74, 6) is 0. The molecule has 0 spiro atoms. The molecule has 0 aliphatic rings. The van der Waals surface area contributed by atoms with Gasteiger partial charge in [-0.3, -0.25) is 0 Å². The second-order valence-electron chi connectivity index (χ2n) is 12.9. The van der Waals surface area contributed by atoms with E-state index in [1.165, 1.54) is 42.4 Å². The average molecular weight is 670 g/mol. The fraction of sp³-hybridized carbons (Fsp3) is 0. The molecule has 2 aromatic heterocycles. The van der Waals surface area contributed by atoms with Crippen LogP contribution < -0.4 is 4.90 Å². The fourth-order valence-corrected chi connectivity index (χ4v) is 8.69. The van der Waals surface area contributed by atoms with E-state index in [-0.39, 0.29) is 0 Å². The third-order valence-corrected chi connectivity index (χ3v) is 11.1. The molecular formula is C48H31NOS. The van der Waals surface area contributed by atoms with Crippen LogP contribution in [-0.2, 0) is 0 Å². The van der Waals surface area contributed by atoms with Crippen molar-refractivity contribution in [3.8, 4) is 33.4 Å². The lowest BCUT2D eigenvalue weighted by Gasteiger charge is -2.28. The van der Waals surface area contributed by atoms with Crippen molar-refractivity contribution in [1.29, 1.82) is 0 Å². The Bertz CT molecular complexity index is 2830. The minimum absolute atomic E-state index is 0.865. The Kier molecular flexibility index (Phi) is 7.04. The van der Waals surface area contributed by atoms with Gasteiger partial charge in [-0.2, -0.15) is 0 Å². The molecule has 0 N–H and O–H groups in total. The summed E-state index contributed by atoms with van der Waals surface area (Å²) in [6, 6.07) is 67.3. The molecule has 0 unspecified atom stereocenters. The highest BCUT2D eigenvalue weighted by Crippen LogP contribution is 2.48. The van der Waals surface area contributed by atoms with Crippen LogP contribution in [0.5, 0.6) is 0 Å². The van der Waals surface area contributed by atoms with Gasteiger partial charge in [0.15, 0.2) is 5.58 Å². The van der Waals surface area contributed by atoms with Crippen molar-refractivity contribution in [2.45, 2.75) is 0 Å². The van der Waals surface area contributed by atoms with Crippen LogP contribution in [0, 0.1) is 0 Å². The first kappa shape index (κ1) is 29.5. The van der Waals surface area contributed by atoms with E-state index in [2.05, 4.69) is 187 Å². The third kappa shape index (κ3) is 5.01. The molecular weight excluding hydrogens is 639 g/mol. The van der Waals surface area contributed by atoms with E-state index < -0.39 is 0 Å². The molecule has 0 saturated carbocycles. The number of nitrogens with zero attached hydrogens (tertiary/aromatic N) is 1. The largest absolute Gasteiger partial charge is 0.454 e. The summed E-state index contributed by atoms with van der Waals surface area (Å²) < 4.78 is 9.42. The second-order valence-corrected chi connectivity index (χ2v) is 13.9. The van der Waals surface area contributed by atoms with E-state index in [0.29, 0.717) is 0 Å². The number of para-hydroxylation sites is 1. The Labute approximate surface area is 300 Å². The molecule has 51 heavy (non-hydrogen) atoms. The Morgan fingerprint density at radius 3 is 1.69 bits per heavy atom. The van der Waals surface area contributed by atoms with Gasteiger partial charge in [0.2, 0.25) is 0 Å². The summed E-state index contributed by atoms with van der Waals surface area (Å²) in [5.41, 5.74) is 11.9. The van der Waals surface area contributed by atoms with Gasteiger partial charge in [-0.05, 0) is 70.3 Å². The maximum Gasteiger partial charge on any atom is 0.160 e. The predicted molar refractivity (Wildman–Crippen MR) is 218 cm³/mol. The second kappa shape index (κ2) is 12.2. The molecule has 3 heteroatoms. The van der Waals surface area contributed by atoms with Gasteiger partial charge in [0, 0.05) is 47.9 Å². The highest BCUT2D eigenvalue weighted by atomic mass is 32.1. The predicted octanol–water partition coefficient (Wildman–Crippen LogP) is 14.4. The van der Waals surface area contributed by atoms with E-state index in [9.17, 15) is 0 Å². The molecule has 10 aromatic rings. The first-order valence-corrected chi connectivity index (χ1v) is 18.1. The number of hydrogen-bond acceptors (Lipinski definition) is 3. The van der Waals surface area contributed by atoms with E-state index in [0.717, 1.165) is 50.1 Å². The highest BCUT2D eigenvalue weighted by molar-refractivity contribution is 7.26. The summed E-state index contributed by atoms with van der Waals surface area (Å²) in [4.78, 5) is 2.37. The molecule has 0 bridgehead atoms. The van der Waals surface area contributed by atoms with Crippen molar-refractivity contribution in [1.82, 2.24) is 0 Å². The van der Waals surface area contributed by atoms with Crippen LogP contribution in [-0.4, -0.2) is 0 Å². The average Bonchev–Trinajstić information content (AvgIpc) is 3.78. The maximum absolute atomic E-state index is 6.79. The van der Waals surface area contributed by atoms with Crippen molar-refractivity contribution < 1.29 is 4.42 Å². The van der Waals surface area contributed by atoms with Gasteiger partial charge in [-0.15, -0.1) is 11.3 Å². The van der Waals surface area contributed by atoms with Crippen LogP contribution in [0.4, 0.5) is 17.1 Å². The van der Waals surface area contributed by atoms with Crippen molar-refractivity contribution in [3.63, 3.8) is 0 Å². The standard InChI is InChI=1S/C48H31NOS/c1-3-12-32(13-4-1)33-22-26-36(27-23-33)49(37-28-24-35(25-29-37)39-18-11-19-43-41-17-8-10-21-45(41)51-48(39)43)46-38(34-14-5-2-6-15-34)30-31-42-40-16-7-9-20-44(40)50-47(42)46/h1-31H. The maximum atomic E-state index is 6.79. The Hall–Kier alpha value is -6.42. The van der Waals surface area contributed by atoms with Crippen molar-refractivity contribution in [2.75, 3.05) is 4.90 Å². The lowest BCUT2D eigenvalue weighted by atomic mass is 9.98. The first-order valence-electron chi connectivity index (χ1n) is 17.3. The molecule has 0 amide bonds. The number of rotatable bonds is 6. The first-order chi connectivity index (χ1) is 25.3. The lowest BCUT2D eigenvalue weighted by Crippen LogP contribution is -2.11.